The van der Waals surface area contributed by atoms with Crippen LogP contribution in [0.25, 0.3) is 99.0 Å². The summed E-state index contributed by atoms with van der Waals surface area (Å²) >= 11 is 0. The van der Waals surface area contributed by atoms with Gasteiger partial charge in [-0.2, -0.15) is 0 Å². The van der Waals surface area contributed by atoms with Gasteiger partial charge >= 0.3 is 0 Å². The van der Waals surface area contributed by atoms with Crippen LogP contribution in [-0.4, -0.2) is 9.97 Å². The summed E-state index contributed by atoms with van der Waals surface area (Å²) in [4.78, 5) is 11.9. The Morgan fingerprint density at radius 3 is 1.53 bits per heavy atom. The predicted molar refractivity (Wildman–Crippen MR) is 247 cm³/mol. The van der Waals surface area contributed by atoms with Crippen LogP contribution in [-0.2, 0) is 0 Å². The molecule has 2 aromatic heterocycles. The Bertz CT molecular complexity index is 3320. The summed E-state index contributed by atoms with van der Waals surface area (Å²) in [5.74, 6) is 0. The molecule has 0 N–H and O–H groups in total. The molecule has 0 bridgehead atoms. The molecule has 1 aliphatic rings. The highest BCUT2D eigenvalue weighted by atomic mass is 15.1. The highest BCUT2D eigenvalue weighted by Crippen LogP contribution is 2.58. The summed E-state index contributed by atoms with van der Waals surface area (Å²) in [6.45, 7) is 0. The normalized spacial score (nSPS) is 11.7. The van der Waals surface area contributed by atoms with Crippen molar-refractivity contribution in [1.29, 1.82) is 0 Å². The molecular formula is C56H35N3. The summed E-state index contributed by atoms with van der Waals surface area (Å²) in [5, 5.41) is 7.21. The van der Waals surface area contributed by atoms with E-state index in [2.05, 4.69) is 193 Å². The lowest BCUT2D eigenvalue weighted by molar-refractivity contribution is 1.29. The lowest BCUT2D eigenvalue weighted by Gasteiger charge is -2.27. The fourth-order valence-corrected chi connectivity index (χ4v) is 9.60. The van der Waals surface area contributed by atoms with Crippen molar-refractivity contribution in [3.8, 4) is 55.6 Å². The molecule has 3 heteroatoms. The molecule has 0 radical (unpaired) electrons. The number of para-hydroxylation sites is 1. The number of rotatable bonds is 6. The molecule has 0 unspecified atom stereocenters. The molecular weight excluding hydrogens is 715 g/mol. The van der Waals surface area contributed by atoms with Gasteiger partial charge in [0.1, 0.15) is 0 Å². The van der Waals surface area contributed by atoms with Gasteiger partial charge in [0, 0.05) is 34.5 Å². The number of anilines is 3. The first-order chi connectivity index (χ1) is 29.3. The summed E-state index contributed by atoms with van der Waals surface area (Å²) in [6.07, 6.45) is 3.70. The van der Waals surface area contributed by atoms with E-state index >= 15 is 0 Å². The third-order valence-corrected chi connectivity index (χ3v) is 12.1. The van der Waals surface area contributed by atoms with Gasteiger partial charge in [-0.05, 0) is 126 Å². The van der Waals surface area contributed by atoms with E-state index in [0.29, 0.717) is 0 Å². The van der Waals surface area contributed by atoms with Gasteiger partial charge in [-0.3, -0.25) is 9.97 Å². The number of hydrogen-bond donors (Lipinski definition) is 0. The number of aromatic nitrogens is 2. The van der Waals surface area contributed by atoms with Crippen molar-refractivity contribution in [2.75, 3.05) is 4.90 Å². The molecule has 59 heavy (non-hydrogen) atoms. The zero-order valence-corrected chi connectivity index (χ0v) is 32.0. The molecule has 3 nitrogen and oxygen atoms in total. The molecule has 2 heterocycles. The molecule has 274 valence electrons. The van der Waals surface area contributed by atoms with Crippen LogP contribution in [0.4, 0.5) is 17.1 Å². The van der Waals surface area contributed by atoms with Crippen LogP contribution < -0.4 is 4.90 Å². The van der Waals surface area contributed by atoms with Crippen molar-refractivity contribution in [3.63, 3.8) is 0 Å². The van der Waals surface area contributed by atoms with Gasteiger partial charge < -0.3 is 4.90 Å². The number of fused-ring (bicyclic) bond motifs is 7. The van der Waals surface area contributed by atoms with Crippen LogP contribution in [0.5, 0.6) is 0 Å². The first kappa shape index (κ1) is 33.3. The third kappa shape index (κ3) is 5.15. The van der Waals surface area contributed by atoms with Crippen LogP contribution in [0, 0.1) is 0 Å². The van der Waals surface area contributed by atoms with Gasteiger partial charge in [0.2, 0.25) is 0 Å². The van der Waals surface area contributed by atoms with Crippen molar-refractivity contribution < 1.29 is 0 Å². The van der Waals surface area contributed by atoms with E-state index < -0.39 is 0 Å². The van der Waals surface area contributed by atoms with Gasteiger partial charge in [-0.1, -0.05) is 152 Å². The molecule has 12 rings (SSSR count). The Morgan fingerprint density at radius 2 is 0.847 bits per heavy atom. The SMILES string of the molecule is c1ccc(-c2c3c(c(-c4ccccc4)c4ccccc24)-c2ccc(-c4ccc(N(c5ccccc5)c5cc6cccnc6c6ncccc56)cc4)c4cccc-3c24)cc1. The second-order valence-electron chi connectivity index (χ2n) is 15.3. The molecule has 11 aromatic rings. The average Bonchev–Trinajstić information content (AvgIpc) is 3.64. The maximum absolute atomic E-state index is 4.83. The molecule has 0 fully saturated rings. The zero-order chi connectivity index (χ0) is 38.9. The van der Waals surface area contributed by atoms with Crippen molar-refractivity contribution in [2.24, 2.45) is 0 Å². The third-order valence-electron chi connectivity index (χ3n) is 12.1. The van der Waals surface area contributed by atoms with E-state index in [1.165, 1.54) is 77.2 Å². The van der Waals surface area contributed by atoms with Crippen molar-refractivity contribution in [2.45, 2.75) is 0 Å². The Labute approximate surface area is 342 Å². The first-order valence-electron chi connectivity index (χ1n) is 20.2. The minimum atomic E-state index is 0.894. The van der Waals surface area contributed by atoms with Gasteiger partial charge in [-0.15, -0.1) is 0 Å². The lowest BCUT2D eigenvalue weighted by Crippen LogP contribution is -2.10. The van der Waals surface area contributed by atoms with Crippen LogP contribution in [0.1, 0.15) is 0 Å². The van der Waals surface area contributed by atoms with E-state index in [0.717, 1.165) is 38.9 Å². The maximum atomic E-state index is 4.83. The fourth-order valence-electron chi connectivity index (χ4n) is 9.60. The van der Waals surface area contributed by atoms with Crippen LogP contribution in [0.3, 0.4) is 0 Å². The van der Waals surface area contributed by atoms with Gasteiger partial charge in [-0.25, -0.2) is 0 Å². The highest BCUT2D eigenvalue weighted by Gasteiger charge is 2.31. The smallest absolute Gasteiger partial charge is 0.0985 e. The van der Waals surface area contributed by atoms with Crippen LogP contribution >= 0.6 is 0 Å². The average molecular weight is 750 g/mol. The van der Waals surface area contributed by atoms with Gasteiger partial charge in [0.25, 0.3) is 0 Å². The minimum Gasteiger partial charge on any atom is -0.310 e. The Balaban J connectivity index is 1.06. The summed E-state index contributed by atoms with van der Waals surface area (Å²) < 4.78 is 0. The summed E-state index contributed by atoms with van der Waals surface area (Å²) in [7, 11) is 0. The Morgan fingerprint density at radius 1 is 0.322 bits per heavy atom. The van der Waals surface area contributed by atoms with E-state index in [-0.39, 0.29) is 0 Å². The second-order valence-corrected chi connectivity index (χ2v) is 15.3. The van der Waals surface area contributed by atoms with Crippen LogP contribution in [0.15, 0.2) is 213 Å². The Kier molecular flexibility index (Phi) is 7.54. The minimum absolute atomic E-state index is 0.894. The van der Waals surface area contributed by atoms with Crippen LogP contribution in [0.2, 0.25) is 0 Å². The van der Waals surface area contributed by atoms with E-state index in [1.54, 1.807) is 0 Å². The molecule has 0 atom stereocenters. The number of benzene rings is 9. The van der Waals surface area contributed by atoms with Crippen molar-refractivity contribution in [3.05, 3.63) is 213 Å². The first-order valence-corrected chi connectivity index (χ1v) is 20.2. The molecule has 0 aliphatic heterocycles. The monoisotopic (exact) mass is 749 g/mol. The topological polar surface area (TPSA) is 29.0 Å². The quantitative estimate of drug-likeness (QED) is 0.159. The summed E-state index contributed by atoms with van der Waals surface area (Å²) in [6, 6.07) is 72.6. The zero-order valence-electron chi connectivity index (χ0n) is 32.0. The molecule has 1 aliphatic carbocycles. The summed E-state index contributed by atoms with van der Waals surface area (Å²) in [5.41, 5.74) is 17.6. The lowest BCUT2D eigenvalue weighted by atomic mass is 9.82. The molecule has 9 aromatic carbocycles. The maximum Gasteiger partial charge on any atom is 0.0985 e. The number of pyridine rings is 2. The van der Waals surface area contributed by atoms with Crippen molar-refractivity contribution >= 4 is 60.4 Å². The van der Waals surface area contributed by atoms with Crippen molar-refractivity contribution in [1.82, 2.24) is 9.97 Å². The number of nitrogens with zero attached hydrogens (tertiary/aromatic N) is 3. The fraction of sp³-hybridized carbons (Fsp3) is 0. The predicted octanol–water partition coefficient (Wildman–Crippen LogP) is 15.2. The van der Waals surface area contributed by atoms with E-state index in [1.807, 2.05) is 24.5 Å². The molecule has 0 saturated heterocycles. The highest BCUT2D eigenvalue weighted by molar-refractivity contribution is 6.28. The number of hydrogen-bond acceptors (Lipinski definition) is 3. The standard InChI is InChI=1S/C56H35N3/c1-4-15-37(16-5-1)50-44-22-10-11-23-45(44)51(38-17-6-2-7-18-38)54-48-32-31-42(43-24-12-25-47(52(43)48)53(50)54)36-27-29-41(30-28-36)59(40-20-8-3-9-21-40)49-35-39-19-13-33-57-55(39)56-46(49)26-14-34-58-56/h1-35H. The van der Waals surface area contributed by atoms with E-state index in [9.17, 15) is 0 Å². The molecule has 0 amide bonds. The Hall–Kier alpha value is -7.88. The second kappa shape index (κ2) is 13.4. The van der Waals surface area contributed by atoms with Gasteiger partial charge in [0.05, 0.1) is 16.7 Å². The molecule has 0 spiro atoms. The van der Waals surface area contributed by atoms with Gasteiger partial charge in [0.15, 0.2) is 0 Å². The molecule has 0 saturated carbocycles. The largest absolute Gasteiger partial charge is 0.310 e. The van der Waals surface area contributed by atoms with E-state index in [4.69, 9.17) is 9.97 Å².